The van der Waals surface area contributed by atoms with E-state index in [1.165, 1.54) is 22.3 Å². The Balaban J connectivity index is 1.46. The van der Waals surface area contributed by atoms with Gasteiger partial charge in [0.25, 0.3) is 0 Å². The van der Waals surface area contributed by atoms with Crippen LogP contribution in [-0.4, -0.2) is 20.8 Å². The molecule has 2 heterocycles. The summed E-state index contributed by atoms with van der Waals surface area (Å²) in [4.78, 5) is 4.35. The average Bonchev–Trinajstić information content (AvgIpc) is 3.36. The fourth-order valence-electron chi connectivity index (χ4n) is 5.11. The highest BCUT2D eigenvalue weighted by Gasteiger charge is 2.31. The summed E-state index contributed by atoms with van der Waals surface area (Å²) in [7, 11) is 0. The van der Waals surface area contributed by atoms with E-state index in [0.717, 1.165) is 24.1 Å². The number of rotatable bonds is 5. The number of aliphatic hydroxyl groups is 1. The Labute approximate surface area is 178 Å². The van der Waals surface area contributed by atoms with Crippen LogP contribution in [0.2, 0.25) is 0 Å². The SMILES string of the molecule is CC1CC(C(O)CC2c3ccccc3-c3cncn32)=C=C([C@@H](C)c2ccccc2)C1. The maximum atomic E-state index is 11.3. The van der Waals surface area contributed by atoms with E-state index >= 15 is 0 Å². The van der Waals surface area contributed by atoms with Gasteiger partial charge in [0.2, 0.25) is 0 Å². The van der Waals surface area contributed by atoms with Crippen LogP contribution >= 0.6 is 0 Å². The summed E-state index contributed by atoms with van der Waals surface area (Å²) in [6.07, 6.45) is 5.93. The van der Waals surface area contributed by atoms with Crippen molar-refractivity contribution in [1.29, 1.82) is 0 Å². The van der Waals surface area contributed by atoms with Crippen LogP contribution in [0.5, 0.6) is 0 Å². The number of nitrogens with zero attached hydrogens (tertiary/aromatic N) is 2. The monoisotopic (exact) mass is 396 g/mol. The minimum Gasteiger partial charge on any atom is -0.388 e. The lowest BCUT2D eigenvalue weighted by atomic mass is 9.80. The molecule has 0 amide bonds. The highest BCUT2D eigenvalue weighted by molar-refractivity contribution is 5.69. The lowest BCUT2D eigenvalue weighted by Crippen LogP contribution is -2.21. The van der Waals surface area contributed by atoms with E-state index in [4.69, 9.17) is 0 Å². The molecule has 3 aromatic rings. The van der Waals surface area contributed by atoms with Gasteiger partial charge in [-0.2, -0.15) is 0 Å². The molecule has 0 radical (unpaired) electrons. The molecule has 0 fully saturated rings. The molecule has 1 N–H and O–H groups in total. The van der Waals surface area contributed by atoms with Crippen LogP contribution < -0.4 is 0 Å². The van der Waals surface area contributed by atoms with Gasteiger partial charge in [0, 0.05) is 23.5 Å². The average molecular weight is 397 g/mol. The first kappa shape index (κ1) is 19.1. The van der Waals surface area contributed by atoms with E-state index in [1.807, 2.05) is 12.5 Å². The van der Waals surface area contributed by atoms with Gasteiger partial charge >= 0.3 is 0 Å². The fraction of sp³-hybridized carbons (Fsp3) is 0.333. The van der Waals surface area contributed by atoms with Crippen LogP contribution in [0, 0.1) is 5.92 Å². The van der Waals surface area contributed by atoms with Gasteiger partial charge in [-0.05, 0) is 35.5 Å². The second kappa shape index (κ2) is 7.75. The van der Waals surface area contributed by atoms with E-state index in [9.17, 15) is 5.11 Å². The molecule has 1 aliphatic carbocycles. The van der Waals surface area contributed by atoms with Crippen molar-refractivity contribution in [2.45, 2.75) is 51.2 Å². The number of imidazole rings is 1. The molecule has 3 unspecified atom stereocenters. The third kappa shape index (κ3) is 3.35. The topological polar surface area (TPSA) is 38.1 Å². The molecule has 0 bridgehead atoms. The molecule has 4 atom stereocenters. The number of aromatic nitrogens is 2. The Morgan fingerprint density at radius 3 is 2.63 bits per heavy atom. The van der Waals surface area contributed by atoms with Gasteiger partial charge < -0.3 is 9.67 Å². The van der Waals surface area contributed by atoms with Gasteiger partial charge in [0.1, 0.15) is 0 Å². The van der Waals surface area contributed by atoms with Crippen LogP contribution in [0.4, 0.5) is 0 Å². The summed E-state index contributed by atoms with van der Waals surface area (Å²) in [5.41, 5.74) is 11.0. The van der Waals surface area contributed by atoms with E-state index < -0.39 is 6.10 Å². The van der Waals surface area contributed by atoms with Crippen molar-refractivity contribution in [3.05, 3.63) is 95.1 Å². The first-order chi connectivity index (χ1) is 14.6. The summed E-state index contributed by atoms with van der Waals surface area (Å²) in [5.74, 6) is 0.848. The van der Waals surface area contributed by atoms with Gasteiger partial charge in [-0.15, -0.1) is 5.73 Å². The van der Waals surface area contributed by atoms with Gasteiger partial charge in [-0.1, -0.05) is 68.4 Å². The fourth-order valence-corrected chi connectivity index (χ4v) is 5.11. The van der Waals surface area contributed by atoms with E-state index in [-0.39, 0.29) is 6.04 Å². The van der Waals surface area contributed by atoms with E-state index in [0.29, 0.717) is 18.3 Å². The second-order valence-electron chi connectivity index (χ2n) is 8.86. The molecule has 3 heteroatoms. The first-order valence-electron chi connectivity index (χ1n) is 10.9. The Bertz CT molecular complexity index is 1120. The molecule has 0 spiro atoms. The van der Waals surface area contributed by atoms with Crippen molar-refractivity contribution < 1.29 is 5.11 Å². The zero-order chi connectivity index (χ0) is 20.7. The third-order valence-corrected chi connectivity index (χ3v) is 6.73. The molecule has 1 aliphatic heterocycles. The number of benzene rings is 2. The van der Waals surface area contributed by atoms with Crippen LogP contribution in [-0.2, 0) is 0 Å². The predicted octanol–water partition coefficient (Wildman–Crippen LogP) is 5.89. The maximum absolute atomic E-state index is 11.3. The second-order valence-corrected chi connectivity index (χ2v) is 8.86. The quantitative estimate of drug-likeness (QED) is 0.546. The van der Waals surface area contributed by atoms with Crippen LogP contribution in [0.25, 0.3) is 11.3 Å². The van der Waals surface area contributed by atoms with Gasteiger partial charge in [-0.3, -0.25) is 0 Å². The minimum atomic E-state index is -0.503. The van der Waals surface area contributed by atoms with Crippen molar-refractivity contribution in [1.82, 2.24) is 9.55 Å². The molecule has 2 aliphatic rings. The van der Waals surface area contributed by atoms with Gasteiger partial charge in [0.15, 0.2) is 0 Å². The molecule has 0 saturated heterocycles. The van der Waals surface area contributed by atoms with Crippen LogP contribution in [0.3, 0.4) is 0 Å². The molecule has 30 heavy (non-hydrogen) atoms. The predicted molar refractivity (Wildman–Crippen MR) is 120 cm³/mol. The number of aliphatic hydroxyl groups excluding tert-OH is 1. The summed E-state index contributed by atoms with van der Waals surface area (Å²) < 4.78 is 2.21. The minimum absolute atomic E-state index is 0.121. The molecule has 5 rings (SSSR count). The molecule has 0 saturated carbocycles. The summed E-state index contributed by atoms with van der Waals surface area (Å²) >= 11 is 0. The third-order valence-electron chi connectivity index (χ3n) is 6.73. The highest BCUT2D eigenvalue weighted by atomic mass is 16.3. The molecule has 2 aromatic carbocycles. The molecular formula is C27H28N2O. The Kier molecular flexibility index (Phi) is 4.94. The Hall–Kier alpha value is -2.87. The lowest BCUT2D eigenvalue weighted by molar-refractivity contribution is 0.177. The smallest absolute Gasteiger partial charge is 0.0956 e. The van der Waals surface area contributed by atoms with Crippen molar-refractivity contribution in [3.63, 3.8) is 0 Å². The van der Waals surface area contributed by atoms with Crippen molar-refractivity contribution in [3.8, 4) is 11.3 Å². The standard InChI is InChI=1S/C27H28N2O/c1-18-12-21(19(2)20-8-4-3-5-9-20)14-22(13-18)27(30)15-25-23-10-6-7-11-24(23)26-16-28-17-29(25)26/h3-11,16-19,25,27,30H,12-13,15H2,1-2H3/t18?,19-,25?,27?/m0/s1. The summed E-state index contributed by atoms with van der Waals surface area (Å²) in [6.45, 7) is 4.54. The summed E-state index contributed by atoms with van der Waals surface area (Å²) in [5, 5.41) is 11.3. The van der Waals surface area contributed by atoms with E-state index in [2.05, 4.69) is 83.7 Å². The number of fused-ring (bicyclic) bond motifs is 3. The zero-order valence-electron chi connectivity index (χ0n) is 17.6. The number of hydrogen-bond donors (Lipinski definition) is 1. The van der Waals surface area contributed by atoms with Crippen LogP contribution in [0.1, 0.15) is 56.2 Å². The van der Waals surface area contributed by atoms with Crippen molar-refractivity contribution in [2.75, 3.05) is 0 Å². The number of hydrogen-bond acceptors (Lipinski definition) is 2. The van der Waals surface area contributed by atoms with Crippen molar-refractivity contribution >= 4 is 0 Å². The maximum Gasteiger partial charge on any atom is 0.0956 e. The normalized spacial score (nSPS) is 22.0. The van der Waals surface area contributed by atoms with Gasteiger partial charge in [-0.25, -0.2) is 4.98 Å². The van der Waals surface area contributed by atoms with E-state index in [1.54, 1.807) is 0 Å². The lowest BCUT2D eigenvalue weighted by Gasteiger charge is -2.27. The molecule has 3 nitrogen and oxygen atoms in total. The van der Waals surface area contributed by atoms with Crippen molar-refractivity contribution in [2.24, 2.45) is 5.92 Å². The van der Waals surface area contributed by atoms with Crippen LogP contribution in [0.15, 0.2) is 84.0 Å². The molecule has 152 valence electrons. The summed E-state index contributed by atoms with van der Waals surface area (Å²) in [6, 6.07) is 19.2. The first-order valence-corrected chi connectivity index (χ1v) is 10.9. The Morgan fingerprint density at radius 1 is 1.07 bits per heavy atom. The van der Waals surface area contributed by atoms with Gasteiger partial charge in [0.05, 0.1) is 30.4 Å². The molecular weight excluding hydrogens is 368 g/mol. The Morgan fingerprint density at radius 2 is 1.80 bits per heavy atom. The highest BCUT2D eigenvalue weighted by Crippen LogP contribution is 2.42. The zero-order valence-corrected chi connectivity index (χ0v) is 17.6. The largest absolute Gasteiger partial charge is 0.388 e. The molecule has 1 aromatic heterocycles.